The van der Waals surface area contributed by atoms with Crippen LogP contribution in [-0.2, 0) is 16.1 Å². The van der Waals surface area contributed by atoms with E-state index in [1.165, 1.54) is 0 Å². The van der Waals surface area contributed by atoms with Crippen molar-refractivity contribution in [3.8, 4) is 0 Å². The Morgan fingerprint density at radius 2 is 2.07 bits per heavy atom. The normalized spacial score (nSPS) is 14.7. The number of aromatic nitrogens is 1. The molecular weight excluding hydrogens is 438 g/mol. The van der Waals surface area contributed by atoms with Crippen molar-refractivity contribution in [3.63, 3.8) is 0 Å². The molecule has 0 aliphatic carbocycles. The molecule has 1 aromatic heterocycles. The van der Waals surface area contributed by atoms with Gasteiger partial charge in [-0.1, -0.05) is 22.0 Å². The lowest BCUT2D eigenvalue weighted by molar-refractivity contribution is -0.133. The van der Waals surface area contributed by atoms with Gasteiger partial charge >= 0.3 is 0 Å². The summed E-state index contributed by atoms with van der Waals surface area (Å²) in [7, 11) is 0. The number of carbonyl (C=O) groups excluding carboxylic acids is 2. The molecule has 0 unspecified atom stereocenters. The van der Waals surface area contributed by atoms with Gasteiger partial charge in [0.2, 0.25) is 11.8 Å². The first-order valence-corrected chi connectivity index (χ1v) is 11.1. The zero-order valence-corrected chi connectivity index (χ0v) is 18.3. The topological polar surface area (TPSA) is 62.3 Å². The molecule has 7 heteroatoms. The Morgan fingerprint density at radius 3 is 2.75 bits per heavy atom. The second-order valence-electron chi connectivity index (χ2n) is 6.93. The minimum Gasteiger partial charge on any atom is -0.352 e. The van der Waals surface area contributed by atoms with E-state index in [4.69, 9.17) is 0 Å². The van der Waals surface area contributed by atoms with Crippen LogP contribution in [0.4, 0.5) is 0 Å². The summed E-state index contributed by atoms with van der Waals surface area (Å²) in [6, 6.07) is 9.90. The summed E-state index contributed by atoms with van der Waals surface area (Å²) < 4.78 is 1.05. The lowest BCUT2D eigenvalue weighted by Crippen LogP contribution is -2.43. The smallest absolute Gasteiger partial charge is 0.232 e. The summed E-state index contributed by atoms with van der Waals surface area (Å²) in [6.45, 7) is 3.83. The first kappa shape index (κ1) is 20.9. The molecule has 2 aromatic rings. The lowest BCUT2D eigenvalue weighted by Gasteiger charge is -2.31. The fourth-order valence-corrected chi connectivity index (χ4v) is 4.62. The highest BCUT2D eigenvalue weighted by Crippen LogP contribution is 2.26. The third-order valence-corrected chi connectivity index (χ3v) is 6.55. The molecule has 1 saturated heterocycles. The SMILES string of the molecule is Cc1cc(Br)ccc1SCC(=O)N1CCC(C(=O)NCc2cccnc2)CC1. The van der Waals surface area contributed by atoms with Crippen LogP contribution in [0.3, 0.4) is 0 Å². The number of rotatable bonds is 6. The summed E-state index contributed by atoms with van der Waals surface area (Å²) in [5, 5.41) is 2.98. The third kappa shape index (κ3) is 5.82. The summed E-state index contributed by atoms with van der Waals surface area (Å²) in [4.78, 5) is 32.0. The molecular formula is C21H24BrN3O2S. The fraction of sp³-hybridized carbons (Fsp3) is 0.381. The molecule has 0 spiro atoms. The van der Waals surface area contributed by atoms with Crippen molar-refractivity contribution < 1.29 is 9.59 Å². The van der Waals surface area contributed by atoms with E-state index in [2.05, 4.69) is 32.3 Å². The van der Waals surface area contributed by atoms with Gasteiger partial charge in [0.1, 0.15) is 0 Å². The number of thioether (sulfide) groups is 1. The Labute approximate surface area is 178 Å². The van der Waals surface area contributed by atoms with Crippen LogP contribution >= 0.6 is 27.7 Å². The molecule has 1 fully saturated rings. The van der Waals surface area contributed by atoms with Crippen molar-refractivity contribution in [2.45, 2.75) is 31.2 Å². The molecule has 0 atom stereocenters. The number of benzene rings is 1. The number of nitrogens with one attached hydrogen (secondary N) is 1. The first-order chi connectivity index (χ1) is 13.5. The van der Waals surface area contributed by atoms with Gasteiger partial charge in [0.25, 0.3) is 0 Å². The lowest BCUT2D eigenvalue weighted by atomic mass is 9.96. The van der Waals surface area contributed by atoms with Gasteiger partial charge in [-0.15, -0.1) is 11.8 Å². The molecule has 3 rings (SSSR count). The molecule has 2 heterocycles. The Morgan fingerprint density at radius 1 is 1.29 bits per heavy atom. The average molecular weight is 462 g/mol. The van der Waals surface area contributed by atoms with Gasteiger partial charge in [0, 0.05) is 47.3 Å². The van der Waals surface area contributed by atoms with E-state index in [1.54, 1.807) is 24.2 Å². The molecule has 2 amide bonds. The van der Waals surface area contributed by atoms with Crippen molar-refractivity contribution in [1.29, 1.82) is 0 Å². The number of nitrogens with zero attached hydrogens (tertiary/aromatic N) is 2. The van der Waals surface area contributed by atoms with Crippen LogP contribution in [0.2, 0.25) is 0 Å². The summed E-state index contributed by atoms with van der Waals surface area (Å²) >= 11 is 5.03. The average Bonchev–Trinajstić information content (AvgIpc) is 2.72. The molecule has 0 saturated carbocycles. The quantitative estimate of drug-likeness (QED) is 0.664. The Balaban J connectivity index is 1.41. The third-order valence-electron chi connectivity index (χ3n) is 4.90. The number of halogens is 1. The fourth-order valence-electron chi connectivity index (χ4n) is 3.23. The van der Waals surface area contributed by atoms with Gasteiger partial charge in [-0.3, -0.25) is 14.6 Å². The van der Waals surface area contributed by atoms with Gasteiger partial charge in [0.05, 0.1) is 5.75 Å². The van der Waals surface area contributed by atoms with Crippen LogP contribution in [0.1, 0.15) is 24.0 Å². The molecule has 1 aliphatic heterocycles. The first-order valence-electron chi connectivity index (χ1n) is 9.36. The number of piperidine rings is 1. The summed E-state index contributed by atoms with van der Waals surface area (Å²) in [5.74, 6) is 0.611. The molecule has 5 nitrogen and oxygen atoms in total. The van der Waals surface area contributed by atoms with E-state index in [0.29, 0.717) is 38.2 Å². The summed E-state index contributed by atoms with van der Waals surface area (Å²) in [6.07, 6.45) is 4.90. The number of aryl methyl sites for hydroxylation is 1. The highest BCUT2D eigenvalue weighted by molar-refractivity contribution is 9.10. The van der Waals surface area contributed by atoms with Gasteiger partial charge < -0.3 is 10.2 Å². The Kier molecular flexibility index (Phi) is 7.50. The maximum Gasteiger partial charge on any atom is 0.232 e. The predicted octanol–water partition coefficient (Wildman–Crippen LogP) is 3.80. The van der Waals surface area contributed by atoms with Gasteiger partial charge in [0.15, 0.2) is 0 Å². The molecule has 1 N–H and O–H groups in total. The van der Waals surface area contributed by atoms with E-state index in [-0.39, 0.29) is 17.7 Å². The van der Waals surface area contributed by atoms with Crippen molar-refractivity contribution in [3.05, 3.63) is 58.3 Å². The summed E-state index contributed by atoms with van der Waals surface area (Å²) in [5.41, 5.74) is 2.15. The van der Waals surface area contributed by atoms with Crippen molar-refractivity contribution >= 4 is 39.5 Å². The molecule has 0 radical (unpaired) electrons. The number of likely N-dealkylation sites (tertiary alicyclic amines) is 1. The highest BCUT2D eigenvalue weighted by atomic mass is 79.9. The van der Waals surface area contributed by atoms with E-state index < -0.39 is 0 Å². The minimum atomic E-state index is -0.0258. The van der Waals surface area contributed by atoms with E-state index in [9.17, 15) is 9.59 Å². The van der Waals surface area contributed by atoms with E-state index >= 15 is 0 Å². The Bertz CT molecular complexity index is 824. The van der Waals surface area contributed by atoms with Crippen LogP contribution in [0.25, 0.3) is 0 Å². The largest absolute Gasteiger partial charge is 0.352 e. The van der Waals surface area contributed by atoms with Gasteiger partial charge in [-0.2, -0.15) is 0 Å². The number of amides is 2. The Hall–Kier alpha value is -1.86. The van der Waals surface area contributed by atoms with Crippen LogP contribution in [-0.4, -0.2) is 40.5 Å². The number of hydrogen-bond acceptors (Lipinski definition) is 4. The molecule has 1 aliphatic rings. The molecule has 0 bridgehead atoms. The second-order valence-corrected chi connectivity index (χ2v) is 8.87. The second kappa shape index (κ2) is 10.1. The number of hydrogen-bond donors (Lipinski definition) is 1. The molecule has 148 valence electrons. The monoisotopic (exact) mass is 461 g/mol. The van der Waals surface area contributed by atoms with Crippen LogP contribution < -0.4 is 5.32 Å². The predicted molar refractivity (Wildman–Crippen MR) is 115 cm³/mol. The van der Waals surface area contributed by atoms with E-state index in [1.807, 2.05) is 36.1 Å². The standard InChI is InChI=1S/C21H24BrN3O2S/c1-15-11-18(22)4-5-19(15)28-14-20(26)25-9-6-17(7-10-25)21(27)24-13-16-3-2-8-23-12-16/h2-5,8,11-12,17H,6-7,9-10,13-14H2,1H3,(H,24,27). The minimum absolute atomic E-state index is 0.0258. The number of carbonyl (C=O) groups is 2. The molecule has 1 aromatic carbocycles. The van der Waals surface area contributed by atoms with Crippen molar-refractivity contribution in [2.75, 3.05) is 18.8 Å². The van der Waals surface area contributed by atoms with Gasteiger partial charge in [-0.25, -0.2) is 0 Å². The van der Waals surface area contributed by atoms with Gasteiger partial charge in [-0.05, 0) is 55.2 Å². The van der Waals surface area contributed by atoms with E-state index in [0.717, 1.165) is 20.5 Å². The highest BCUT2D eigenvalue weighted by Gasteiger charge is 2.27. The molecule has 28 heavy (non-hydrogen) atoms. The van der Waals surface area contributed by atoms with Crippen LogP contribution in [0.5, 0.6) is 0 Å². The van der Waals surface area contributed by atoms with Crippen molar-refractivity contribution in [2.24, 2.45) is 5.92 Å². The van der Waals surface area contributed by atoms with Crippen LogP contribution in [0.15, 0.2) is 52.1 Å². The maximum atomic E-state index is 12.5. The number of pyridine rings is 1. The zero-order chi connectivity index (χ0) is 19.9. The maximum absolute atomic E-state index is 12.5. The van der Waals surface area contributed by atoms with Crippen LogP contribution in [0, 0.1) is 12.8 Å². The van der Waals surface area contributed by atoms with Crippen molar-refractivity contribution in [1.82, 2.24) is 15.2 Å². The zero-order valence-electron chi connectivity index (χ0n) is 15.9.